The lowest BCUT2D eigenvalue weighted by atomic mass is 9.41. The molecule has 5 heteroatoms. The first-order valence-corrected chi connectivity index (χ1v) is 13.8. The molecule has 0 aromatic rings. The number of carbonyl (C=O) groups excluding carboxylic acids is 2. The number of hydrogen-bond donors (Lipinski definition) is 0. The number of nitrogens with zero attached hydrogens (tertiary/aromatic N) is 1. The van der Waals surface area contributed by atoms with Gasteiger partial charge < -0.3 is 9.47 Å². The molecule has 4 saturated carbocycles. The fourth-order valence-corrected chi connectivity index (χ4v) is 9.87. The molecule has 34 heavy (non-hydrogen) atoms. The van der Waals surface area contributed by atoms with Crippen LogP contribution in [0.5, 0.6) is 0 Å². The minimum atomic E-state index is -0.191. The SMILES string of the molecule is CC[C@H]1[C@@H](OC(C)=O)[C@@H]2[C@H](CC[C@]3(C)[C@@H]([C@H](C)CC#N)CC[C@@H]23)[C@@]2(C)CC[C@@H](OC(C)=O)C[C@@H]12. The lowest BCUT2D eigenvalue weighted by Gasteiger charge is -2.65. The first-order valence-electron chi connectivity index (χ1n) is 13.8. The van der Waals surface area contributed by atoms with Gasteiger partial charge >= 0.3 is 11.9 Å². The van der Waals surface area contributed by atoms with Crippen molar-refractivity contribution in [3.63, 3.8) is 0 Å². The number of rotatable bonds is 5. The summed E-state index contributed by atoms with van der Waals surface area (Å²) in [6.45, 7) is 12.6. The first-order chi connectivity index (χ1) is 16.1. The summed E-state index contributed by atoms with van der Waals surface area (Å²) in [6.07, 6.45) is 9.19. The van der Waals surface area contributed by atoms with Crippen molar-refractivity contribution in [3.8, 4) is 6.07 Å². The van der Waals surface area contributed by atoms with E-state index >= 15 is 0 Å². The molecule has 0 unspecified atom stereocenters. The molecule has 0 N–H and O–H groups in total. The maximum absolute atomic E-state index is 12.4. The quantitative estimate of drug-likeness (QED) is 0.440. The fraction of sp³-hybridized carbons (Fsp3) is 0.897. The number of hydrogen-bond acceptors (Lipinski definition) is 5. The monoisotopic (exact) mass is 471 g/mol. The summed E-state index contributed by atoms with van der Waals surface area (Å²) >= 11 is 0. The average molecular weight is 472 g/mol. The summed E-state index contributed by atoms with van der Waals surface area (Å²) < 4.78 is 12.0. The second kappa shape index (κ2) is 9.47. The highest BCUT2D eigenvalue weighted by molar-refractivity contribution is 5.66. The Labute approximate surface area is 206 Å². The van der Waals surface area contributed by atoms with E-state index in [1.54, 1.807) is 6.92 Å². The van der Waals surface area contributed by atoms with E-state index < -0.39 is 0 Å². The molecule has 0 radical (unpaired) electrons. The Balaban J connectivity index is 1.71. The van der Waals surface area contributed by atoms with Crippen molar-refractivity contribution in [1.82, 2.24) is 0 Å². The Morgan fingerprint density at radius 3 is 2.24 bits per heavy atom. The van der Waals surface area contributed by atoms with E-state index in [2.05, 4.69) is 33.8 Å². The Morgan fingerprint density at radius 1 is 0.971 bits per heavy atom. The van der Waals surface area contributed by atoms with Crippen LogP contribution in [0.15, 0.2) is 0 Å². The highest BCUT2D eigenvalue weighted by Gasteiger charge is 2.66. The van der Waals surface area contributed by atoms with Gasteiger partial charge in [-0.25, -0.2) is 0 Å². The number of fused-ring (bicyclic) bond motifs is 5. The normalized spacial score (nSPS) is 46.3. The molecular formula is C29H45NO4. The van der Waals surface area contributed by atoms with Gasteiger partial charge in [-0.3, -0.25) is 9.59 Å². The van der Waals surface area contributed by atoms with Gasteiger partial charge in [-0.05, 0) is 97.7 Å². The van der Waals surface area contributed by atoms with Crippen molar-refractivity contribution in [1.29, 1.82) is 5.26 Å². The Morgan fingerprint density at radius 2 is 1.62 bits per heavy atom. The highest BCUT2D eigenvalue weighted by atomic mass is 16.5. The maximum atomic E-state index is 12.4. The van der Waals surface area contributed by atoms with Gasteiger partial charge in [0.2, 0.25) is 0 Å². The van der Waals surface area contributed by atoms with E-state index in [1.807, 2.05) is 0 Å². The van der Waals surface area contributed by atoms with Crippen LogP contribution in [-0.2, 0) is 19.1 Å². The largest absolute Gasteiger partial charge is 0.463 e. The molecule has 0 bridgehead atoms. The average Bonchev–Trinajstić information content (AvgIpc) is 3.11. The molecule has 0 aromatic carbocycles. The summed E-state index contributed by atoms with van der Waals surface area (Å²) in [4.78, 5) is 24.1. The van der Waals surface area contributed by atoms with E-state index in [0.717, 1.165) is 25.7 Å². The summed E-state index contributed by atoms with van der Waals surface area (Å²) in [6, 6.07) is 2.42. The smallest absolute Gasteiger partial charge is 0.302 e. The molecule has 5 nitrogen and oxygen atoms in total. The van der Waals surface area contributed by atoms with Crippen LogP contribution >= 0.6 is 0 Å². The Bertz CT molecular complexity index is 834. The van der Waals surface area contributed by atoms with Crippen LogP contribution in [-0.4, -0.2) is 24.1 Å². The van der Waals surface area contributed by atoms with Crippen LogP contribution < -0.4 is 0 Å². The number of esters is 2. The van der Waals surface area contributed by atoms with Crippen LogP contribution in [0.2, 0.25) is 0 Å². The standard InChI is InChI=1S/C29H45NO4/c1-7-21-25-16-20(33-18(3)31)10-13-29(25,6)24-11-14-28(5)22(17(2)12-15-30)8-9-23(28)26(24)27(21)34-19(4)32/h17,20-27H,7-14,16H2,1-6H3/t17-,20-,21-,22-,23+,24+,25+,26+,27-,28-,29-/m1/s1. The second-order valence-electron chi connectivity index (χ2n) is 12.6. The van der Waals surface area contributed by atoms with Gasteiger partial charge in [0.25, 0.3) is 0 Å². The first kappa shape index (κ1) is 25.5. The predicted molar refractivity (Wildman–Crippen MR) is 130 cm³/mol. The van der Waals surface area contributed by atoms with Crippen LogP contribution in [0.3, 0.4) is 0 Å². The molecule has 190 valence electrons. The molecule has 4 aliphatic carbocycles. The van der Waals surface area contributed by atoms with E-state index in [-0.39, 0.29) is 35.0 Å². The van der Waals surface area contributed by atoms with Crippen molar-refractivity contribution in [2.45, 2.75) is 112 Å². The van der Waals surface area contributed by atoms with Gasteiger partial charge in [-0.15, -0.1) is 0 Å². The minimum absolute atomic E-state index is 0.0179. The van der Waals surface area contributed by atoms with Gasteiger partial charge in [0, 0.05) is 26.2 Å². The van der Waals surface area contributed by atoms with E-state index in [0.29, 0.717) is 47.8 Å². The van der Waals surface area contributed by atoms with Crippen molar-refractivity contribution in [3.05, 3.63) is 0 Å². The molecule has 11 atom stereocenters. The number of nitriles is 1. The van der Waals surface area contributed by atoms with Gasteiger partial charge in [-0.2, -0.15) is 5.26 Å². The van der Waals surface area contributed by atoms with Crippen molar-refractivity contribution in [2.24, 2.45) is 52.3 Å². The second-order valence-corrected chi connectivity index (χ2v) is 12.6. The predicted octanol–water partition coefficient (Wildman–Crippen LogP) is 6.30. The molecule has 4 aliphatic rings. The Kier molecular flexibility index (Phi) is 7.11. The summed E-state index contributed by atoms with van der Waals surface area (Å²) in [5.74, 6) is 2.79. The van der Waals surface area contributed by atoms with E-state index in [9.17, 15) is 14.9 Å². The van der Waals surface area contributed by atoms with E-state index in [4.69, 9.17) is 9.47 Å². The fourth-order valence-electron chi connectivity index (χ4n) is 9.87. The molecule has 0 saturated heterocycles. The van der Waals surface area contributed by atoms with Crippen LogP contribution in [0, 0.1) is 63.6 Å². The van der Waals surface area contributed by atoms with Crippen LogP contribution in [0.4, 0.5) is 0 Å². The zero-order valence-corrected chi connectivity index (χ0v) is 22.1. The lowest BCUT2D eigenvalue weighted by Crippen LogP contribution is -2.63. The van der Waals surface area contributed by atoms with Gasteiger partial charge in [0.05, 0.1) is 6.07 Å². The molecular weight excluding hydrogens is 426 g/mol. The van der Waals surface area contributed by atoms with E-state index in [1.165, 1.54) is 32.6 Å². The summed E-state index contributed by atoms with van der Waals surface area (Å²) in [7, 11) is 0. The van der Waals surface area contributed by atoms with Crippen molar-refractivity contribution >= 4 is 11.9 Å². The van der Waals surface area contributed by atoms with Gasteiger partial charge in [-0.1, -0.05) is 27.7 Å². The third-order valence-corrected chi connectivity index (χ3v) is 11.1. The minimum Gasteiger partial charge on any atom is -0.463 e. The zero-order chi connectivity index (χ0) is 24.8. The van der Waals surface area contributed by atoms with Crippen LogP contribution in [0.25, 0.3) is 0 Å². The topological polar surface area (TPSA) is 76.4 Å². The maximum Gasteiger partial charge on any atom is 0.302 e. The third-order valence-electron chi connectivity index (χ3n) is 11.1. The Hall–Kier alpha value is -1.57. The molecule has 0 aliphatic heterocycles. The number of carbonyl (C=O) groups is 2. The molecule has 0 spiro atoms. The molecule has 4 fully saturated rings. The highest BCUT2D eigenvalue weighted by Crippen LogP contribution is 2.70. The van der Waals surface area contributed by atoms with Crippen molar-refractivity contribution in [2.75, 3.05) is 0 Å². The third kappa shape index (κ3) is 4.07. The molecule has 0 aromatic heterocycles. The molecule has 4 rings (SSSR count). The van der Waals surface area contributed by atoms with Crippen molar-refractivity contribution < 1.29 is 19.1 Å². The van der Waals surface area contributed by atoms with Gasteiger partial charge in [0.1, 0.15) is 12.2 Å². The lowest BCUT2D eigenvalue weighted by molar-refractivity contribution is -0.219. The van der Waals surface area contributed by atoms with Crippen LogP contribution in [0.1, 0.15) is 99.3 Å². The summed E-state index contributed by atoms with van der Waals surface area (Å²) in [5, 5.41) is 9.37. The molecule has 0 amide bonds. The molecule has 0 heterocycles. The summed E-state index contributed by atoms with van der Waals surface area (Å²) in [5.41, 5.74) is 0.405. The number of ether oxygens (including phenoxy) is 2. The zero-order valence-electron chi connectivity index (χ0n) is 22.1. The van der Waals surface area contributed by atoms with Gasteiger partial charge in [0.15, 0.2) is 0 Å².